The molecule has 2 aromatic carbocycles. The molecule has 0 saturated carbocycles. The first-order valence-corrected chi connectivity index (χ1v) is 13.1. The van der Waals surface area contributed by atoms with Crippen LogP contribution in [0.25, 0.3) is 0 Å². The number of nitrogens with zero attached hydrogens (tertiary/aromatic N) is 3. The fourth-order valence-corrected chi connectivity index (χ4v) is 4.82. The predicted octanol–water partition coefficient (Wildman–Crippen LogP) is 4.37. The predicted molar refractivity (Wildman–Crippen MR) is 139 cm³/mol. The second kappa shape index (κ2) is 11.0. The lowest BCUT2D eigenvalue weighted by Crippen LogP contribution is -2.34. The number of aliphatic hydroxyl groups is 1. The third-order valence-corrected chi connectivity index (χ3v) is 7.06. The van der Waals surface area contributed by atoms with Crippen LogP contribution in [0.1, 0.15) is 18.4 Å². The number of aliphatic hydroxyl groups excluding tert-OH is 1. The van der Waals surface area contributed by atoms with Gasteiger partial charge in [-0.05, 0) is 18.2 Å². The Balaban J connectivity index is 1.63. The van der Waals surface area contributed by atoms with E-state index in [0.29, 0.717) is 64.8 Å². The van der Waals surface area contributed by atoms with Crippen LogP contribution in [0.15, 0.2) is 42.6 Å². The molecule has 1 aliphatic rings. The van der Waals surface area contributed by atoms with E-state index in [1.165, 1.54) is 6.20 Å². The molecular formula is C24H26ClN5O4P+. The Morgan fingerprint density at radius 3 is 2.60 bits per heavy atom. The summed E-state index contributed by atoms with van der Waals surface area (Å²) in [5, 5.41) is 17.3. The zero-order valence-electron chi connectivity index (χ0n) is 19.4. The van der Waals surface area contributed by atoms with Crippen LogP contribution in [0.2, 0.25) is 5.02 Å². The van der Waals surface area contributed by atoms with Crippen molar-refractivity contribution >= 4 is 59.3 Å². The molecule has 3 aromatic rings. The Morgan fingerprint density at radius 1 is 1.17 bits per heavy atom. The Labute approximate surface area is 209 Å². The van der Waals surface area contributed by atoms with Gasteiger partial charge in [-0.2, -0.15) is 4.98 Å². The highest BCUT2D eigenvalue weighted by atomic mass is 35.5. The number of ketones is 1. The van der Waals surface area contributed by atoms with E-state index in [9.17, 15) is 14.5 Å². The maximum atomic E-state index is 12.1. The highest BCUT2D eigenvalue weighted by Crippen LogP contribution is 2.36. The van der Waals surface area contributed by atoms with E-state index in [4.69, 9.17) is 16.3 Å². The van der Waals surface area contributed by atoms with Gasteiger partial charge in [-0.3, -0.25) is 4.79 Å². The van der Waals surface area contributed by atoms with Crippen molar-refractivity contribution in [1.29, 1.82) is 0 Å². The van der Waals surface area contributed by atoms with Gasteiger partial charge in [0.05, 0.1) is 31.3 Å². The molecule has 1 aliphatic heterocycles. The van der Waals surface area contributed by atoms with Crippen LogP contribution in [0.5, 0.6) is 5.75 Å². The van der Waals surface area contributed by atoms with Crippen LogP contribution in [-0.2, 0) is 16.0 Å². The van der Waals surface area contributed by atoms with Crippen molar-refractivity contribution in [2.45, 2.75) is 19.4 Å². The van der Waals surface area contributed by atoms with Crippen molar-refractivity contribution in [3.8, 4) is 5.75 Å². The first-order valence-electron chi connectivity index (χ1n) is 11.0. The van der Waals surface area contributed by atoms with Gasteiger partial charge in [-0.1, -0.05) is 28.3 Å². The molecular weight excluding hydrogens is 489 g/mol. The fraction of sp³-hybridized carbons (Fsp3) is 0.292. The van der Waals surface area contributed by atoms with Gasteiger partial charge in [0.1, 0.15) is 23.2 Å². The van der Waals surface area contributed by atoms with Crippen molar-refractivity contribution in [3.63, 3.8) is 0 Å². The minimum absolute atomic E-state index is 0.182. The van der Waals surface area contributed by atoms with Gasteiger partial charge in [0.15, 0.2) is 5.82 Å². The summed E-state index contributed by atoms with van der Waals surface area (Å²) in [6.07, 6.45) is 2.43. The summed E-state index contributed by atoms with van der Waals surface area (Å²) in [4.78, 5) is 22.5. The van der Waals surface area contributed by atoms with E-state index < -0.39 is 7.80 Å². The summed E-state index contributed by atoms with van der Waals surface area (Å²) in [7, 11) is -0.0141. The fourth-order valence-electron chi connectivity index (χ4n) is 3.92. The molecule has 4 rings (SSSR count). The van der Waals surface area contributed by atoms with Crippen molar-refractivity contribution in [1.82, 2.24) is 9.97 Å². The molecule has 35 heavy (non-hydrogen) atoms. The molecule has 1 atom stereocenters. The summed E-state index contributed by atoms with van der Waals surface area (Å²) in [6.45, 7) is 2.66. The molecule has 11 heteroatoms. The molecule has 1 unspecified atom stereocenters. The van der Waals surface area contributed by atoms with E-state index in [0.717, 1.165) is 5.69 Å². The van der Waals surface area contributed by atoms with Crippen LogP contribution >= 0.6 is 19.4 Å². The topological polar surface area (TPSA) is 117 Å². The zero-order valence-corrected chi connectivity index (χ0v) is 21.1. The summed E-state index contributed by atoms with van der Waals surface area (Å²) in [5.74, 6) is 1.39. The van der Waals surface area contributed by atoms with Crippen molar-refractivity contribution in [2.75, 3.05) is 42.4 Å². The van der Waals surface area contributed by atoms with Gasteiger partial charge in [0.25, 0.3) is 0 Å². The normalized spacial score (nSPS) is 14.0. The van der Waals surface area contributed by atoms with E-state index in [1.807, 2.05) is 18.2 Å². The average molecular weight is 515 g/mol. The molecule has 9 nitrogen and oxygen atoms in total. The van der Waals surface area contributed by atoms with Crippen LogP contribution < -0.4 is 25.6 Å². The maximum Gasteiger partial charge on any atom is 0.375 e. The summed E-state index contributed by atoms with van der Waals surface area (Å²) < 4.78 is 17.7. The third-order valence-electron chi connectivity index (χ3n) is 5.72. The number of hydrogen-bond donors (Lipinski definition) is 3. The Morgan fingerprint density at radius 2 is 1.91 bits per heavy atom. The number of aromatic nitrogens is 2. The van der Waals surface area contributed by atoms with Gasteiger partial charge in [0, 0.05) is 43.2 Å². The minimum Gasteiger partial charge on any atom is -0.494 e. The number of rotatable bonds is 8. The first-order chi connectivity index (χ1) is 16.9. The Hall–Kier alpha value is -3.26. The number of para-hydroxylation sites is 1. The van der Waals surface area contributed by atoms with Crippen molar-refractivity contribution in [2.24, 2.45) is 0 Å². The number of carbonyl (C=O) groups is 1. The third kappa shape index (κ3) is 5.70. The average Bonchev–Trinajstić information content (AvgIpc) is 2.86. The number of carbonyl (C=O) groups excluding carboxylic acids is 1. The number of hydrogen-bond acceptors (Lipinski definition) is 9. The molecule has 2 heterocycles. The molecule has 1 saturated heterocycles. The quantitative estimate of drug-likeness (QED) is 0.377. The second-order valence-corrected chi connectivity index (χ2v) is 9.90. The molecule has 0 aliphatic carbocycles. The second-order valence-electron chi connectivity index (χ2n) is 8.02. The summed E-state index contributed by atoms with van der Waals surface area (Å²) in [6, 6.07) is 10.9. The summed E-state index contributed by atoms with van der Waals surface area (Å²) >= 11 is 6.33. The van der Waals surface area contributed by atoms with Gasteiger partial charge in [-0.25, -0.2) is 4.98 Å². The number of benzene rings is 2. The highest BCUT2D eigenvalue weighted by Gasteiger charge is 2.22. The van der Waals surface area contributed by atoms with E-state index in [2.05, 4.69) is 25.5 Å². The zero-order chi connectivity index (χ0) is 24.9. The lowest BCUT2D eigenvalue weighted by molar-refractivity contribution is -0.119. The number of nitrogens with one attached hydrogen (secondary N) is 2. The van der Waals surface area contributed by atoms with Gasteiger partial charge in [-0.15, -0.1) is 0 Å². The van der Waals surface area contributed by atoms with E-state index in [-0.39, 0.29) is 18.3 Å². The molecule has 182 valence electrons. The number of halogens is 1. The molecule has 1 aromatic heterocycles. The van der Waals surface area contributed by atoms with Crippen molar-refractivity contribution < 1.29 is 19.2 Å². The van der Waals surface area contributed by atoms with Gasteiger partial charge in [0.2, 0.25) is 11.3 Å². The number of methoxy groups -OCH3 is 1. The molecule has 1 fully saturated rings. The van der Waals surface area contributed by atoms with E-state index in [1.54, 1.807) is 32.0 Å². The van der Waals surface area contributed by atoms with E-state index >= 15 is 0 Å². The van der Waals surface area contributed by atoms with Gasteiger partial charge < -0.3 is 25.4 Å². The molecule has 0 amide bonds. The summed E-state index contributed by atoms with van der Waals surface area (Å²) in [5.41, 5.74) is 2.73. The Bertz CT molecular complexity index is 1260. The monoisotopic (exact) mass is 514 g/mol. The first kappa shape index (κ1) is 24.9. The standard InChI is InChI=1S/C24H26ClN5O4P/c1-34-21-12-20(30-9-7-16(32)8-10-30)15(14-31)11-19(21)28-24-26-13-17(25)23(29-24)27-18-5-3-4-6-22(18)35(2)33/h3-6,11-13,31H,7-10,14H2,1-2H3,(H2,26,27,28,29)/q+1. The van der Waals surface area contributed by atoms with Gasteiger partial charge >= 0.3 is 7.80 Å². The SMILES string of the molecule is COc1cc(N2CCC(=O)CC2)c(CO)cc1Nc1ncc(Cl)c(Nc2ccccc2[P+](C)=O)n1. The Kier molecular flexibility index (Phi) is 7.80. The lowest BCUT2D eigenvalue weighted by Gasteiger charge is -2.30. The van der Waals surface area contributed by atoms with Crippen LogP contribution in [0.4, 0.5) is 28.8 Å². The lowest BCUT2D eigenvalue weighted by atomic mass is 10.1. The maximum absolute atomic E-state index is 12.1. The van der Waals surface area contributed by atoms with Crippen LogP contribution in [0.3, 0.4) is 0 Å². The molecule has 0 spiro atoms. The number of anilines is 5. The minimum atomic E-state index is -1.57. The smallest absolute Gasteiger partial charge is 0.375 e. The number of ether oxygens (including phenoxy) is 1. The largest absolute Gasteiger partial charge is 0.494 e. The molecule has 0 bridgehead atoms. The van der Waals surface area contributed by atoms with Crippen molar-refractivity contribution in [3.05, 3.63) is 53.2 Å². The molecule has 0 radical (unpaired) electrons. The highest BCUT2D eigenvalue weighted by molar-refractivity contribution is 7.53. The molecule has 3 N–H and O–H groups in total. The van der Waals surface area contributed by atoms with Crippen LogP contribution in [0, 0.1) is 0 Å². The number of piperidine rings is 1. The van der Waals surface area contributed by atoms with Crippen LogP contribution in [-0.4, -0.2) is 47.7 Å². The number of Topliss-reactive ketones (excluding diaryl/α,β-unsaturated/α-hetero) is 1.